The number of pyridine rings is 1. The molecule has 2 aromatic rings. The third-order valence-corrected chi connectivity index (χ3v) is 3.42. The molecule has 0 aliphatic rings. The van der Waals surface area contributed by atoms with Crippen molar-refractivity contribution in [2.45, 2.75) is 20.1 Å². The average molecular weight is 307 g/mol. The summed E-state index contributed by atoms with van der Waals surface area (Å²) in [6, 6.07) is 9.92. The quantitative estimate of drug-likeness (QED) is 0.943. The number of nitrogens with two attached hydrogens (primary N) is 1. The first kappa shape index (κ1) is 13.1. The predicted molar refractivity (Wildman–Crippen MR) is 75.3 cm³/mol. The molecule has 4 heteroatoms. The van der Waals surface area contributed by atoms with Crippen molar-refractivity contribution in [3.63, 3.8) is 0 Å². The number of hydrogen-bond donors (Lipinski definition) is 1. The highest BCUT2D eigenvalue weighted by Crippen LogP contribution is 2.22. The highest BCUT2D eigenvalue weighted by molar-refractivity contribution is 9.10. The lowest BCUT2D eigenvalue weighted by atomic mass is 10.2. The SMILES string of the molecule is Cc1cc(OCc2ccccc2Br)c(CN)cn1. The zero-order chi connectivity index (χ0) is 13.0. The Morgan fingerprint density at radius 2 is 2.06 bits per heavy atom. The second-order valence-electron chi connectivity index (χ2n) is 4.02. The van der Waals surface area contributed by atoms with Crippen LogP contribution in [0, 0.1) is 6.92 Å². The van der Waals surface area contributed by atoms with Gasteiger partial charge in [-0.25, -0.2) is 0 Å². The monoisotopic (exact) mass is 306 g/mol. The van der Waals surface area contributed by atoms with Crippen LogP contribution in [0.5, 0.6) is 5.75 Å². The van der Waals surface area contributed by atoms with Gasteiger partial charge >= 0.3 is 0 Å². The molecule has 0 saturated carbocycles. The van der Waals surface area contributed by atoms with Crippen molar-refractivity contribution in [1.29, 1.82) is 0 Å². The minimum atomic E-state index is 0.429. The summed E-state index contributed by atoms with van der Waals surface area (Å²) in [4.78, 5) is 4.21. The van der Waals surface area contributed by atoms with Gasteiger partial charge in [-0.05, 0) is 13.0 Å². The smallest absolute Gasteiger partial charge is 0.127 e. The molecule has 94 valence electrons. The molecule has 2 rings (SSSR count). The molecule has 0 saturated heterocycles. The second-order valence-corrected chi connectivity index (χ2v) is 4.87. The van der Waals surface area contributed by atoms with Crippen LogP contribution in [0.1, 0.15) is 16.8 Å². The van der Waals surface area contributed by atoms with Crippen molar-refractivity contribution in [1.82, 2.24) is 4.98 Å². The number of nitrogens with zero attached hydrogens (tertiary/aromatic N) is 1. The Balaban J connectivity index is 2.15. The topological polar surface area (TPSA) is 48.1 Å². The van der Waals surface area contributed by atoms with Gasteiger partial charge in [0.2, 0.25) is 0 Å². The molecule has 0 amide bonds. The number of benzene rings is 1. The van der Waals surface area contributed by atoms with E-state index in [4.69, 9.17) is 10.5 Å². The molecule has 18 heavy (non-hydrogen) atoms. The van der Waals surface area contributed by atoms with Gasteiger partial charge in [-0.1, -0.05) is 34.1 Å². The summed E-state index contributed by atoms with van der Waals surface area (Å²) in [7, 11) is 0. The summed E-state index contributed by atoms with van der Waals surface area (Å²) >= 11 is 3.50. The summed E-state index contributed by atoms with van der Waals surface area (Å²) in [5, 5.41) is 0. The fourth-order valence-corrected chi connectivity index (χ4v) is 2.02. The van der Waals surface area contributed by atoms with Crippen molar-refractivity contribution in [2.24, 2.45) is 5.73 Å². The van der Waals surface area contributed by atoms with Crippen molar-refractivity contribution in [3.05, 3.63) is 57.8 Å². The lowest BCUT2D eigenvalue weighted by Gasteiger charge is -2.11. The second kappa shape index (κ2) is 5.98. The van der Waals surface area contributed by atoms with Gasteiger partial charge < -0.3 is 10.5 Å². The van der Waals surface area contributed by atoms with E-state index in [1.807, 2.05) is 37.3 Å². The van der Waals surface area contributed by atoms with E-state index in [1.165, 1.54) is 0 Å². The van der Waals surface area contributed by atoms with E-state index in [0.717, 1.165) is 27.0 Å². The fourth-order valence-electron chi connectivity index (χ4n) is 1.62. The number of rotatable bonds is 4. The maximum Gasteiger partial charge on any atom is 0.127 e. The minimum Gasteiger partial charge on any atom is -0.488 e. The zero-order valence-electron chi connectivity index (χ0n) is 10.2. The molecule has 2 N–H and O–H groups in total. The van der Waals surface area contributed by atoms with Crippen LogP contribution >= 0.6 is 15.9 Å². The molecule has 0 spiro atoms. The molecule has 1 aromatic carbocycles. The van der Waals surface area contributed by atoms with E-state index < -0.39 is 0 Å². The van der Waals surface area contributed by atoms with Crippen molar-refractivity contribution in [2.75, 3.05) is 0 Å². The molecular formula is C14H15BrN2O. The van der Waals surface area contributed by atoms with Gasteiger partial charge in [0.1, 0.15) is 12.4 Å². The van der Waals surface area contributed by atoms with Crippen LogP contribution in [-0.4, -0.2) is 4.98 Å². The minimum absolute atomic E-state index is 0.429. The van der Waals surface area contributed by atoms with E-state index in [0.29, 0.717) is 13.2 Å². The lowest BCUT2D eigenvalue weighted by molar-refractivity contribution is 0.301. The highest BCUT2D eigenvalue weighted by atomic mass is 79.9. The maximum atomic E-state index is 5.83. The molecule has 0 atom stereocenters. The van der Waals surface area contributed by atoms with E-state index in [1.54, 1.807) is 6.20 Å². The van der Waals surface area contributed by atoms with Crippen molar-refractivity contribution < 1.29 is 4.74 Å². The first-order valence-electron chi connectivity index (χ1n) is 5.72. The van der Waals surface area contributed by atoms with Crippen LogP contribution in [0.25, 0.3) is 0 Å². The van der Waals surface area contributed by atoms with Crippen LogP contribution < -0.4 is 10.5 Å². The third kappa shape index (κ3) is 3.09. The van der Waals surface area contributed by atoms with E-state index in [2.05, 4.69) is 20.9 Å². The summed E-state index contributed by atoms with van der Waals surface area (Å²) in [5.41, 5.74) is 8.63. The zero-order valence-corrected chi connectivity index (χ0v) is 11.8. The number of halogens is 1. The van der Waals surface area contributed by atoms with Crippen LogP contribution in [0.2, 0.25) is 0 Å². The van der Waals surface area contributed by atoms with Gasteiger partial charge in [-0.2, -0.15) is 0 Å². The van der Waals surface area contributed by atoms with Crippen LogP contribution in [0.3, 0.4) is 0 Å². The molecule has 1 aromatic heterocycles. The molecule has 0 fully saturated rings. The Morgan fingerprint density at radius 1 is 1.28 bits per heavy atom. The van der Waals surface area contributed by atoms with Gasteiger partial charge in [0.15, 0.2) is 0 Å². The Hall–Kier alpha value is -1.39. The summed E-state index contributed by atoms with van der Waals surface area (Å²) in [6.07, 6.45) is 1.77. The third-order valence-electron chi connectivity index (χ3n) is 2.64. The number of aryl methyl sites for hydroxylation is 1. The first-order chi connectivity index (χ1) is 8.70. The molecule has 0 bridgehead atoms. The normalized spacial score (nSPS) is 10.4. The Labute approximate surface area is 115 Å². The van der Waals surface area contributed by atoms with Gasteiger partial charge in [-0.15, -0.1) is 0 Å². The van der Waals surface area contributed by atoms with E-state index in [9.17, 15) is 0 Å². The van der Waals surface area contributed by atoms with Crippen LogP contribution in [0.15, 0.2) is 41.0 Å². The van der Waals surface area contributed by atoms with Crippen molar-refractivity contribution >= 4 is 15.9 Å². The summed E-state index contributed by atoms with van der Waals surface area (Å²) in [6.45, 7) is 2.88. The molecule has 0 radical (unpaired) electrons. The van der Waals surface area contributed by atoms with Gasteiger partial charge in [0.05, 0.1) is 0 Å². The molecular weight excluding hydrogens is 292 g/mol. The lowest BCUT2D eigenvalue weighted by Crippen LogP contribution is -2.04. The highest BCUT2D eigenvalue weighted by Gasteiger charge is 2.05. The number of aromatic nitrogens is 1. The molecule has 3 nitrogen and oxygen atoms in total. The van der Waals surface area contributed by atoms with E-state index >= 15 is 0 Å². The summed E-state index contributed by atoms with van der Waals surface area (Å²) < 4.78 is 6.87. The Kier molecular flexibility index (Phi) is 4.33. The Morgan fingerprint density at radius 3 is 2.78 bits per heavy atom. The van der Waals surface area contributed by atoms with E-state index in [-0.39, 0.29) is 0 Å². The van der Waals surface area contributed by atoms with Crippen molar-refractivity contribution in [3.8, 4) is 5.75 Å². The van der Waals surface area contributed by atoms with Gasteiger partial charge in [0.25, 0.3) is 0 Å². The molecule has 0 aliphatic carbocycles. The van der Waals surface area contributed by atoms with Crippen LogP contribution in [-0.2, 0) is 13.2 Å². The summed E-state index contributed by atoms with van der Waals surface area (Å²) in [5.74, 6) is 0.806. The average Bonchev–Trinajstić information content (AvgIpc) is 2.38. The molecule has 1 heterocycles. The Bertz CT molecular complexity index is 543. The number of hydrogen-bond acceptors (Lipinski definition) is 3. The standard InChI is InChI=1S/C14H15BrN2O/c1-10-6-14(12(7-16)8-17-10)18-9-11-4-2-3-5-13(11)15/h2-6,8H,7,9,16H2,1H3. The molecule has 0 aliphatic heterocycles. The van der Waals surface area contributed by atoms with Gasteiger partial charge in [0, 0.05) is 40.1 Å². The van der Waals surface area contributed by atoms with Gasteiger partial charge in [-0.3, -0.25) is 4.98 Å². The largest absolute Gasteiger partial charge is 0.488 e. The molecule has 0 unspecified atom stereocenters. The first-order valence-corrected chi connectivity index (χ1v) is 6.52. The number of ether oxygens (including phenoxy) is 1. The predicted octanol–water partition coefficient (Wildman–Crippen LogP) is 3.19. The fraction of sp³-hybridized carbons (Fsp3) is 0.214. The maximum absolute atomic E-state index is 5.83. The van der Waals surface area contributed by atoms with Crippen LogP contribution in [0.4, 0.5) is 0 Å².